The van der Waals surface area contributed by atoms with E-state index in [-0.39, 0.29) is 0 Å². The van der Waals surface area contributed by atoms with E-state index in [0.717, 1.165) is 39.2 Å². The van der Waals surface area contributed by atoms with Crippen molar-refractivity contribution < 1.29 is 4.74 Å². The number of hydrogen-bond donors (Lipinski definition) is 1. The van der Waals surface area contributed by atoms with Crippen molar-refractivity contribution in [2.45, 2.75) is 33.6 Å². The molecule has 116 valence electrons. The van der Waals surface area contributed by atoms with Crippen molar-refractivity contribution in [3.05, 3.63) is 0 Å². The molecule has 0 heterocycles. The predicted octanol–water partition coefficient (Wildman–Crippen LogP) is 1.67. The molecular weight excluding hydrogens is 238 g/mol. The molecule has 0 aromatic rings. The van der Waals surface area contributed by atoms with Crippen LogP contribution in [0, 0.1) is 0 Å². The Balaban J connectivity index is 3.49. The van der Waals surface area contributed by atoms with Crippen LogP contribution in [0.25, 0.3) is 0 Å². The van der Waals surface area contributed by atoms with Gasteiger partial charge in [-0.15, -0.1) is 0 Å². The lowest BCUT2D eigenvalue weighted by Gasteiger charge is -2.23. The molecule has 4 nitrogen and oxygen atoms in total. The highest BCUT2D eigenvalue weighted by molar-refractivity contribution is 4.61. The monoisotopic (exact) mass is 273 g/mol. The SMILES string of the molecule is CCN(CC)CCCN(CC)CCNCCCOC. The molecule has 0 aliphatic heterocycles. The Morgan fingerprint density at radius 1 is 0.789 bits per heavy atom. The zero-order chi connectivity index (χ0) is 14.3. The summed E-state index contributed by atoms with van der Waals surface area (Å²) >= 11 is 0. The van der Waals surface area contributed by atoms with E-state index in [1.165, 1.54) is 32.6 Å². The molecule has 1 N–H and O–H groups in total. The van der Waals surface area contributed by atoms with Gasteiger partial charge in [0.25, 0.3) is 0 Å². The summed E-state index contributed by atoms with van der Waals surface area (Å²) in [4.78, 5) is 5.03. The van der Waals surface area contributed by atoms with Gasteiger partial charge in [0.15, 0.2) is 0 Å². The average Bonchev–Trinajstić information content (AvgIpc) is 2.45. The Hall–Kier alpha value is -0.160. The van der Waals surface area contributed by atoms with Gasteiger partial charge < -0.3 is 19.9 Å². The third kappa shape index (κ3) is 11.4. The minimum Gasteiger partial charge on any atom is -0.385 e. The largest absolute Gasteiger partial charge is 0.385 e. The molecule has 0 bridgehead atoms. The number of rotatable bonds is 14. The van der Waals surface area contributed by atoms with Gasteiger partial charge in [-0.25, -0.2) is 0 Å². The second-order valence-corrected chi connectivity index (χ2v) is 4.91. The quantitative estimate of drug-likeness (QED) is 0.487. The van der Waals surface area contributed by atoms with Gasteiger partial charge in [-0.05, 0) is 52.1 Å². The molecule has 0 aliphatic rings. The molecule has 0 fully saturated rings. The Kier molecular flexibility index (Phi) is 14.1. The van der Waals surface area contributed by atoms with Gasteiger partial charge in [-0.2, -0.15) is 0 Å². The maximum absolute atomic E-state index is 5.03. The highest BCUT2D eigenvalue weighted by Gasteiger charge is 2.03. The molecule has 0 aliphatic carbocycles. The van der Waals surface area contributed by atoms with Gasteiger partial charge in [0, 0.05) is 26.8 Å². The van der Waals surface area contributed by atoms with Crippen LogP contribution >= 0.6 is 0 Å². The van der Waals surface area contributed by atoms with Gasteiger partial charge in [0.1, 0.15) is 0 Å². The average molecular weight is 273 g/mol. The van der Waals surface area contributed by atoms with Crippen molar-refractivity contribution in [3.63, 3.8) is 0 Å². The minimum atomic E-state index is 0.856. The van der Waals surface area contributed by atoms with Crippen LogP contribution < -0.4 is 5.32 Å². The van der Waals surface area contributed by atoms with E-state index in [4.69, 9.17) is 4.74 Å². The van der Waals surface area contributed by atoms with Crippen LogP contribution in [0.4, 0.5) is 0 Å². The standard InChI is InChI=1S/C15H35N3O/c1-5-17(6-2)12-9-13-18(7-3)14-11-16-10-8-15-19-4/h16H,5-15H2,1-4H3. The zero-order valence-corrected chi connectivity index (χ0v) is 13.6. The van der Waals surface area contributed by atoms with Crippen molar-refractivity contribution in [2.24, 2.45) is 0 Å². The lowest BCUT2D eigenvalue weighted by Crippen LogP contribution is -2.35. The van der Waals surface area contributed by atoms with E-state index in [1.807, 2.05) is 0 Å². The molecular formula is C15H35N3O. The molecule has 0 spiro atoms. The summed E-state index contributed by atoms with van der Waals surface area (Å²) in [5, 5.41) is 3.47. The third-order valence-corrected chi connectivity index (χ3v) is 3.60. The molecule has 0 aromatic carbocycles. The van der Waals surface area contributed by atoms with Crippen molar-refractivity contribution in [1.29, 1.82) is 0 Å². The fourth-order valence-corrected chi connectivity index (χ4v) is 2.19. The third-order valence-electron chi connectivity index (χ3n) is 3.60. The van der Waals surface area contributed by atoms with Gasteiger partial charge in [0.05, 0.1) is 0 Å². The van der Waals surface area contributed by atoms with Gasteiger partial charge in [-0.3, -0.25) is 0 Å². The van der Waals surface area contributed by atoms with Crippen LogP contribution in [0.5, 0.6) is 0 Å². The topological polar surface area (TPSA) is 27.7 Å². The lowest BCUT2D eigenvalue weighted by atomic mass is 10.3. The minimum absolute atomic E-state index is 0.856. The molecule has 0 saturated heterocycles. The van der Waals surface area contributed by atoms with E-state index >= 15 is 0 Å². The maximum atomic E-state index is 5.03. The Morgan fingerprint density at radius 3 is 2.00 bits per heavy atom. The van der Waals surface area contributed by atoms with Crippen LogP contribution in [0.1, 0.15) is 33.6 Å². The first-order valence-corrected chi connectivity index (χ1v) is 7.92. The summed E-state index contributed by atoms with van der Waals surface area (Å²) in [5.74, 6) is 0. The Bertz CT molecular complexity index is 175. The molecule has 0 atom stereocenters. The number of hydrogen-bond acceptors (Lipinski definition) is 4. The van der Waals surface area contributed by atoms with Gasteiger partial charge in [0.2, 0.25) is 0 Å². The first-order valence-electron chi connectivity index (χ1n) is 7.92. The van der Waals surface area contributed by atoms with Crippen molar-refractivity contribution >= 4 is 0 Å². The van der Waals surface area contributed by atoms with E-state index in [9.17, 15) is 0 Å². The number of nitrogens with one attached hydrogen (secondary N) is 1. The van der Waals surface area contributed by atoms with Crippen molar-refractivity contribution in [3.8, 4) is 0 Å². The first-order chi connectivity index (χ1) is 9.28. The van der Waals surface area contributed by atoms with E-state index < -0.39 is 0 Å². The summed E-state index contributed by atoms with van der Waals surface area (Å²) in [6.07, 6.45) is 2.38. The summed E-state index contributed by atoms with van der Waals surface area (Å²) in [6.45, 7) is 16.8. The maximum Gasteiger partial charge on any atom is 0.0474 e. The normalized spacial score (nSPS) is 11.7. The van der Waals surface area contributed by atoms with Crippen LogP contribution in [0.15, 0.2) is 0 Å². The second kappa shape index (κ2) is 14.3. The van der Waals surface area contributed by atoms with Crippen molar-refractivity contribution in [2.75, 3.05) is 66.1 Å². The number of likely N-dealkylation sites (N-methyl/N-ethyl adjacent to an activating group) is 1. The predicted molar refractivity (Wildman–Crippen MR) is 83.9 cm³/mol. The van der Waals surface area contributed by atoms with Gasteiger partial charge in [-0.1, -0.05) is 20.8 Å². The molecule has 4 heteroatoms. The second-order valence-electron chi connectivity index (χ2n) is 4.91. The molecule has 0 amide bonds. The first kappa shape index (κ1) is 18.8. The van der Waals surface area contributed by atoms with Gasteiger partial charge >= 0.3 is 0 Å². The fraction of sp³-hybridized carbons (Fsp3) is 1.00. The molecule has 0 rings (SSSR count). The Morgan fingerprint density at radius 2 is 1.42 bits per heavy atom. The highest BCUT2D eigenvalue weighted by atomic mass is 16.5. The fourth-order valence-electron chi connectivity index (χ4n) is 2.19. The summed E-state index contributed by atoms with van der Waals surface area (Å²) in [6, 6.07) is 0. The molecule has 0 saturated carbocycles. The van der Waals surface area contributed by atoms with Crippen LogP contribution in [0.3, 0.4) is 0 Å². The zero-order valence-electron chi connectivity index (χ0n) is 13.6. The Labute approximate surface area is 120 Å². The molecule has 19 heavy (non-hydrogen) atoms. The summed E-state index contributed by atoms with van der Waals surface area (Å²) < 4.78 is 5.03. The smallest absolute Gasteiger partial charge is 0.0474 e. The van der Waals surface area contributed by atoms with Crippen molar-refractivity contribution in [1.82, 2.24) is 15.1 Å². The van der Waals surface area contributed by atoms with Crippen LogP contribution in [-0.2, 0) is 4.74 Å². The molecule has 0 unspecified atom stereocenters. The van der Waals surface area contributed by atoms with Crippen LogP contribution in [0.2, 0.25) is 0 Å². The number of nitrogens with zero attached hydrogens (tertiary/aromatic N) is 2. The highest BCUT2D eigenvalue weighted by Crippen LogP contribution is 1.95. The molecule has 0 radical (unpaired) electrons. The summed E-state index contributed by atoms with van der Waals surface area (Å²) in [5.41, 5.74) is 0. The van der Waals surface area contributed by atoms with E-state index in [0.29, 0.717) is 0 Å². The lowest BCUT2D eigenvalue weighted by molar-refractivity contribution is 0.193. The van der Waals surface area contributed by atoms with Crippen LogP contribution in [-0.4, -0.2) is 75.9 Å². The van der Waals surface area contributed by atoms with E-state index in [2.05, 4.69) is 35.9 Å². The molecule has 0 aromatic heterocycles. The van der Waals surface area contributed by atoms with E-state index in [1.54, 1.807) is 7.11 Å². The number of ether oxygens (including phenoxy) is 1. The number of methoxy groups -OCH3 is 1. The summed E-state index contributed by atoms with van der Waals surface area (Å²) in [7, 11) is 1.76.